The second-order valence-corrected chi connectivity index (χ2v) is 3.46. The van der Waals surface area contributed by atoms with Crippen LogP contribution >= 0.6 is 0 Å². The Morgan fingerprint density at radius 3 is 1.90 bits per heavy atom. The molecule has 1 rings (SSSR count). The minimum absolute atomic E-state index is 0.113. The van der Waals surface area contributed by atoms with Gasteiger partial charge in [-0.15, -0.1) is 0 Å². The normalized spacial score (nSPS) is 40.0. The molecular weight excluding hydrogens is 126 g/mol. The van der Waals surface area contributed by atoms with Crippen molar-refractivity contribution >= 4 is 5.91 Å². The van der Waals surface area contributed by atoms with Gasteiger partial charge in [0.15, 0.2) is 0 Å². The van der Waals surface area contributed by atoms with E-state index in [1.165, 1.54) is 0 Å². The van der Waals surface area contributed by atoms with Gasteiger partial charge in [0.25, 0.3) is 0 Å². The molecular formula is C8H15NO. The molecule has 1 saturated carbocycles. The van der Waals surface area contributed by atoms with E-state index < -0.39 is 0 Å². The fourth-order valence-corrected chi connectivity index (χ4v) is 2.01. The third kappa shape index (κ3) is 1.15. The van der Waals surface area contributed by atoms with Crippen molar-refractivity contribution < 1.29 is 4.79 Å². The molecule has 1 aliphatic carbocycles. The molecule has 0 aromatic rings. The van der Waals surface area contributed by atoms with E-state index in [0.29, 0.717) is 11.8 Å². The van der Waals surface area contributed by atoms with E-state index >= 15 is 0 Å². The maximum atomic E-state index is 10.8. The van der Waals surface area contributed by atoms with Crippen molar-refractivity contribution in [2.45, 2.75) is 26.7 Å². The number of nitrogens with two attached hydrogens (primary N) is 1. The van der Waals surface area contributed by atoms with Crippen molar-refractivity contribution in [2.75, 3.05) is 0 Å². The molecule has 2 heteroatoms. The zero-order chi connectivity index (χ0) is 7.72. The molecule has 3 atom stereocenters. The summed E-state index contributed by atoms with van der Waals surface area (Å²) in [6.45, 7) is 4.22. The molecule has 0 aromatic carbocycles. The number of primary amides is 1. The Morgan fingerprint density at radius 1 is 1.30 bits per heavy atom. The summed E-state index contributed by atoms with van der Waals surface area (Å²) >= 11 is 0. The average Bonchev–Trinajstić information content (AvgIpc) is 2.11. The topological polar surface area (TPSA) is 43.1 Å². The van der Waals surface area contributed by atoms with Crippen LogP contribution in [0.1, 0.15) is 26.7 Å². The first-order chi connectivity index (χ1) is 4.63. The summed E-state index contributed by atoms with van der Waals surface area (Å²) in [6, 6.07) is 0. The third-order valence-corrected chi connectivity index (χ3v) is 2.63. The Balaban J connectivity index is 2.63. The van der Waals surface area contributed by atoms with E-state index in [4.69, 9.17) is 5.73 Å². The minimum Gasteiger partial charge on any atom is -0.369 e. The second-order valence-electron chi connectivity index (χ2n) is 3.46. The van der Waals surface area contributed by atoms with Gasteiger partial charge in [0.05, 0.1) is 0 Å². The van der Waals surface area contributed by atoms with Crippen LogP contribution in [-0.4, -0.2) is 5.91 Å². The van der Waals surface area contributed by atoms with Crippen LogP contribution in [0.15, 0.2) is 0 Å². The summed E-state index contributed by atoms with van der Waals surface area (Å²) in [4.78, 5) is 10.8. The molecule has 1 aliphatic rings. The molecule has 0 aliphatic heterocycles. The number of amides is 1. The molecule has 1 unspecified atom stereocenters. The Bertz CT molecular complexity index is 134. The molecule has 1 amide bonds. The van der Waals surface area contributed by atoms with Gasteiger partial charge < -0.3 is 5.73 Å². The monoisotopic (exact) mass is 141 g/mol. The van der Waals surface area contributed by atoms with Gasteiger partial charge in [-0.1, -0.05) is 13.8 Å². The summed E-state index contributed by atoms with van der Waals surface area (Å²) in [5.41, 5.74) is 5.24. The smallest absolute Gasteiger partial charge is 0.221 e. The zero-order valence-electron chi connectivity index (χ0n) is 6.63. The van der Waals surface area contributed by atoms with Gasteiger partial charge in [-0.25, -0.2) is 0 Å². The third-order valence-electron chi connectivity index (χ3n) is 2.63. The van der Waals surface area contributed by atoms with Crippen molar-refractivity contribution in [1.29, 1.82) is 0 Å². The molecule has 0 heterocycles. The summed E-state index contributed by atoms with van der Waals surface area (Å²) < 4.78 is 0. The lowest BCUT2D eigenvalue weighted by Gasteiger charge is -2.14. The lowest BCUT2D eigenvalue weighted by molar-refractivity contribution is -0.123. The van der Waals surface area contributed by atoms with E-state index in [9.17, 15) is 4.79 Å². The van der Waals surface area contributed by atoms with Gasteiger partial charge in [0.2, 0.25) is 5.91 Å². The molecule has 0 spiro atoms. The Morgan fingerprint density at radius 2 is 1.70 bits per heavy atom. The number of rotatable bonds is 1. The highest BCUT2D eigenvalue weighted by Gasteiger charge is 2.33. The summed E-state index contributed by atoms with van der Waals surface area (Å²) in [5, 5.41) is 0. The Hall–Kier alpha value is -0.530. The van der Waals surface area contributed by atoms with Crippen LogP contribution < -0.4 is 5.73 Å². The molecule has 2 N–H and O–H groups in total. The maximum Gasteiger partial charge on any atom is 0.221 e. The predicted octanol–water partition coefficient (Wildman–Crippen LogP) is 1.15. The molecule has 0 saturated heterocycles. The van der Waals surface area contributed by atoms with Gasteiger partial charge in [0, 0.05) is 5.92 Å². The van der Waals surface area contributed by atoms with Crippen LogP contribution in [0.3, 0.4) is 0 Å². The minimum atomic E-state index is -0.113. The van der Waals surface area contributed by atoms with Crippen LogP contribution in [0.4, 0.5) is 0 Å². The quantitative estimate of drug-likeness (QED) is 0.585. The van der Waals surface area contributed by atoms with Gasteiger partial charge in [0.1, 0.15) is 0 Å². The molecule has 1 fully saturated rings. The SMILES string of the molecule is C[C@@H]1CC[C@H](C)C1C(N)=O. The highest BCUT2D eigenvalue weighted by Crippen LogP contribution is 2.35. The van der Waals surface area contributed by atoms with E-state index in [1.54, 1.807) is 0 Å². The van der Waals surface area contributed by atoms with E-state index in [2.05, 4.69) is 13.8 Å². The van der Waals surface area contributed by atoms with Crippen molar-refractivity contribution in [3.05, 3.63) is 0 Å². The first-order valence-electron chi connectivity index (χ1n) is 3.92. The number of hydrogen-bond acceptors (Lipinski definition) is 1. The molecule has 2 nitrogen and oxygen atoms in total. The van der Waals surface area contributed by atoms with Crippen molar-refractivity contribution in [2.24, 2.45) is 23.5 Å². The van der Waals surface area contributed by atoms with Crippen molar-refractivity contribution in [1.82, 2.24) is 0 Å². The molecule has 10 heavy (non-hydrogen) atoms. The van der Waals surface area contributed by atoms with Gasteiger partial charge in [-0.3, -0.25) is 4.79 Å². The van der Waals surface area contributed by atoms with Crippen molar-refractivity contribution in [3.63, 3.8) is 0 Å². The molecule has 0 aromatic heterocycles. The average molecular weight is 141 g/mol. The van der Waals surface area contributed by atoms with Crippen molar-refractivity contribution in [3.8, 4) is 0 Å². The van der Waals surface area contributed by atoms with Gasteiger partial charge >= 0.3 is 0 Å². The highest BCUT2D eigenvalue weighted by molar-refractivity contribution is 5.77. The molecule has 0 radical (unpaired) electrons. The number of carbonyl (C=O) groups excluding carboxylic acids is 1. The van der Waals surface area contributed by atoms with E-state index in [-0.39, 0.29) is 11.8 Å². The molecule has 0 bridgehead atoms. The van der Waals surface area contributed by atoms with Crippen LogP contribution in [0, 0.1) is 17.8 Å². The zero-order valence-corrected chi connectivity index (χ0v) is 6.63. The van der Waals surface area contributed by atoms with E-state index in [1.807, 2.05) is 0 Å². The Kier molecular flexibility index (Phi) is 1.97. The number of carbonyl (C=O) groups is 1. The number of hydrogen-bond donors (Lipinski definition) is 1. The molecule has 58 valence electrons. The second kappa shape index (κ2) is 2.60. The first-order valence-corrected chi connectivity index (χ1v) is 3.92. The highest BCUT2D eigenvalue weighted by atomic mass is 16.1. The summed E-state index contributed by atoms with van der Waals surface area (Å²) in [6.07, 6.45) is 2.32. The van der Waals surface area contributed by atoms with Crippen LogP contribution in [-0.2, 0) is 4.79 Å². The van der Waals surface area contributed by atoms with Crippen LogP contribution in [0.2, 0.25) is 0 Å². The van der Waals surface area contributed by atoms with Crippen LogP contribution in [0.25, 0.3) is 0 Å². The lowest BCUT2D eigenvalue weighted by Crippen LogP contribution is -2.28. The lowest BCUT2D eigenvalue weighted by atomic mass is 9.91. The maximum absolute atomic E-state index is 10.8. The predicted molar refractivity (Wildman–Crippen MR) is 40.2 cm³/mol. The largest absolute Gasteiger partial charge is 0.369 e. The van der Waals surface area contributed by atoms with Gasteiger partial charge in [-0.05, 0) is 24.7 Å². The van der Waals surface area contributed by atoms with E-state index in [0.717, 1.165) is 12.8 Å². The fraction of sp³-hybridized carbons (Fsp3) is 0.875. The standard InChI is InChI=1S/C8H15NO/c1-5-3-4-6(2)7(5)8(9)10/h5-7H,3-4H2,1-2H3,(H2,9,10)/t5-,6+,7?. The first kappa shape index (κ1) is 7.58. The fourth-order valence-electron chi connectivity index (χ4n) is 2.01. The summed E-state index contributed by atoms with van der Waals surface area (Å²) in [7, 11) is 0. The van der Waals surface area contributed by atoms with Gasteiger partial charge in [-0.2, -0.15) is 0 Å². The Labute approximate surface area is 61.8 Å². The summed E-state index contributed by atoms with van der Waals surface area (Å²) in [5.74, 6) is 1.04. The van der Waals surface area contributed by atoms with Crippen LogP contribution in [0.5, 0.6) is 0 Å².